The van der Waals surface area contributed by atoms with Crippen LogP contribution in [0.5, 0.6) is 0 Å². The molecule has 0 radical (unpaired) electrons. The summed E-state index contributed by atoms with van der Waals surface area (Å²) in [6, 6.07) is 0. The zero-order valence-electron chi connectivity index (χ0n) is 23.3. The van der Waals surface area contributed by atoms with Crippen LogP contribution in [0.1, 0.15) is 104 Å². The van der Waals surface area contributed by atoms with Gasteiger partial charge in [0.25, 0.3) is 0 Å². The lowest BCUT2D eigenvalue weighted by atomic mass is 10.2. The van der Waals surface area contributed by atoms with Crippen molar-refractivity contribution in [2.45, 2.75) is 104 Å². The Kier molecular flexibility index (Phi) is 21.7. The first-order chi connectivity index (χ1) is 18.2. The highest BCUT2D eigenvalue weighted by Crippen LogP contribution is 2.04. The van der Waals surface area contributed by atoms with E-state index in [4.69, 9.17) is 0 Å². The lowest BCUT2D eigenvalue weighted by Gasteiger charge is -2.15. The summed E-state index contributed by atoms with van der Waals surface area (Å²) < 4.78 is 0. The maximum atomic E-state index is 12.0. The molecule has 0 spiro atoms. The first-order valence-electron chi connectivity index (χ1n) is 13.9. The smallest absolute Gasteiger partial charge is 0.246 e. The topological polar surface area (TPSA) is 168 Å². The monoisotopic (exact) mass is 543 g/mol. The Hall–Kier alpha value is -2.73. The molecule has 0 aliphatic heterocycles. The van der Waals surface area contributed by atoms with Gasteiger partial charge in [0.15, 0.2) is 0 Å². The summed E-state index contributed by atoms with van der Waals surface area (Å²) in [6.45, 7) is 5.50. The largest absolute Gasteiger partial charge is 0.356 e. The molecule has 5 amide bonds. The number of amides is 5. The summed E-state index contributed by atoms with van der Waals surface area (Å²) in [4.78, 5) is 58.3. The van der Waals surface area contributed by atoms with Crippen LogP contribution in [0.2, 0.25) is 0 Å². The number of hydrogen-bond acceptors (Lipinski definition) is 7. The maximum absolute atomic E-state index is 12.0. The van der Waals surface area contributed by atoms with Crippen LogP contribution in [0.4, 0.5) is 0 Å². The third kappa shape index (κ3) is 21.4. The molecule has 5 N–H and O–H groups in total. The minimum atomic E-state index is -0.517. The van der Waals surface area contributed by atoms with E-state index < -0.39 is 11.8 Å². The molecule has 0 unspecified atom stereocenters. The summed E-state index contributed by atoms with van der Waals surface area (Å²) in [5.41, 5.74) is 0. The van der Waals surface area contributed by atoms with Gasteiger partial charge in [-0.1, -0.05) is 26.2 Å². The van der Waals surface area contributed by atoms with Crippen molar-refractivity contribution in [2.75, 3.05) is 32.7 Å². The number of carbonyl (C=O) groups excluding carboxylic acids is 5. The molecule has 0 aromatic carbocycles. The lowest BCUT2D eigenvalue weighted by Crippen LogP contribution is -2.31. The van der Waals surface area contributed by atoms with Crippen LogP contribution in [0, 0.1) is 0 Å². The van der Waals surface area contributed by atoms with Gasteiger partial charge in [-0.15, -0.1) is 0 Å². The van der Waals surface area contributed by atoms with Crippen LogP contribution in [0.3, 0.4) is 0 Å². The summed E-state index contributed by atoms with van der Waals surface area (Å²) in [6.07, 6.45) is 8.05. The number of nitrogens with zero attached hydrogens (tertiary/aromatic N) is 2. The molecule has 0 bridgehead atoms. The van der Waals surface area contributed by atoms with Crippen LogP contribution in [-0.2, 0) is 24.0 Å². The zero-order valence-corrected chi connectivity index (χ0v) is 23.3. The molecule has 12 nitrogen and oxygen atoms in total. The van der Waals surface area contributed by atoms with Gasteiger partial charge in [-0.3, -0.25) is 34.4 Å². The summed E-state index contributed by atoms with van der Waals surface area (Å²) in [5.74, 6) is -1.55. The third-order valence-electron chi connectivity index (χ3n) is 5.85. The molecule has 0 saturated heterocycles. The molecule has 220 valence electrons. The second-order valence-electron chi connectivity index (χ2n) is 9.40. The van der Waals surface area contributed by atoms with Gasteiger partial charge in [0.2, 0.25) is 29.5 Å². The second-order valence-corrected chi connectivity index (χ2v) is 9.40. The van der Waals surface area contributed by atoms with Crippen LogP contribution in [-0.4, -0.2) is 82.8 Å². The van der Waals surface area contributed by atoms with Crippen molar-refractivity contribution >= 4 is 29.5 Å². The lowest BCUT2D eigenvalue weighted by molar-refractivity contribution is -0.166. The van der Waals surface area contributed by atoms with E-state index >= 15 is 0 Å². The fourth-order valence-corrected chi connectivity index (χ4v) is 3.52. The van der Waals surface area contributed by atoms with Crippen molar-refractivity contribution in [3.05, 3.63) is 0 Å². The fourth-order valence-electron chi connectivity index (χ4n) is 3.52. The SMILES string of the molecule is CCCCCCN(O)C(=O)CCC(=O)NCCCCCN(O)C(=O)CCC(=O)NCCCCCNC(C)=O. The van der Waals surface area contributed by atoms with Crippen molar-refractivity contribution in [1.82, 2.24) is 26.1 Å². The molecule has 0 aromatic rings. The Bertz CT molecular complexity index is 705. The number of carbonyl (C=O) groups is 5. The van der Waals surface area contributed by atoms with E-state index in [9.17, 15) is 34.4 Å². The van der Waals surface area contributed by atoms with Gasteiger partial charge in [0.1, 0.15) is 0 Å². The highest BCUT2D eigenvalue weighted by molar-refractivity contribution is 5.83. The fraction of sp³-hybridized carbons (Fsp3) is 0.808. The minimum absolute atomic E-state index is 0.00319. The minimum Gasteiger partial charge on any atom is -0.356 e. The van der Waals surface area contributed by atoms with E-state index in [2.05, 4.69) is 22.9 Å². The molecule has 0 aliphatic carbocycles. The van der Waals surface area contributed by atoms with E-state index in [1.807, 2.05) is 0 Å². The number of hydrogen-bond donors (Lipinski definition) is 5. The van der Waals surface area contributed by atoms with E-state index in [1.165, 1.54) is 6.92 Å². The number of unbranched alkanes of at least 4 members (excludes halogenated alkanes) is 7. The van der Waals surface area contributed by atoms with Crippen LogP contribution in [0.25, 0.3) is 0 Å². The quantitative estimate of drug-likeness (QED) is 0.0748. The Labute approximate surface area is 226 Å². The van der Waals surface area contributed by atoms with Crippen molar-refractivity contribution in [3.8, 4) is 0 Å². The number of hydroxylamine groups is 4. The molecule has 0 aliphatic rings. The molecule has 0 aromatic heterocycles. The van der Waals surface area contributed by atoms with Gasteiger partial charge in [-0.05, 0) is 44.9 Å². The van der Waals surface area contributed by atoms with Crippen molar-refractivity contribution in [1.29, 1.82) is 0 Å². The predicted molar refractivity (Wildman–Crippen MR) is 142 cm³/mol. The van der Waals surface area contributed by atoms with Gasteiger partial charge < -0.3 is 16.0 Å². The molecule has 38 heavy (non-hydrogen) atoms. The van der Waals surface area contributed by atoms with E-state index in [1.54, 1.807) is 0 Å². The van der Waals surface area contributed by atoms with E-state index in [0.29, 0.717) is 49.0 Å². The average molecular weight is 544 g/mol. The maximum Gasteiger partial charge on any atom is 0.246 e. The second kappa shape index (κ2) is 23.4. The Morgan fingerprint density at radius 2 is 0.947 bits per heavy atom. The average Bonchev–Trinajstić information content (AvgIpc) is 2.89. The zero-order chi connectivity index (χ0) is 28.6. The normalized spacial score (nSPS) is 10.5. The molecule has 0 fully saturated rings. The highest BCUT2D eigenvalue weighted by Gasteiger charge is 2.14. The molecule has 0 rings (SSSR count). The van der Waals surface area contributed by atoms with Gasteiger partial charge in [0, 0.05) is 65.3 Å². The number of nitrogens with one attached hydrogen (secondary N) is 3. The van der Waals surface area contributed by atoms with Gasteiger partial charge in [0.05, 0.1) is 0 Å². The van der Waals surface area contributed by atoms with Crippen LogP contribution >= 0.6 is 0 Å². The molecular formula is C26H49N5O7. The van der Waals surface area contributed by atoms with Gasteiger partial charge in [-0.25, -0.2) is 10.1 Å². The molecule has 0 atom stereocenters. The van der Waals surface area contributed by atoms with Crippen molar-refractivity contribution in [3.63, 3.8) is 0 Å². The molecule has 12 heteroatoms. The van der Waals surface area contributed by atoms with Gasteiger partial charge in [-0.2, -0.15) is 0 Å². The number of rotatable bonds is 23. The first kappa shape index (κ1) is 35.3. The van der Waals surface area contributed by atoms with Crippen molar-refractivity contribution in [2.24, 2.45) is 0 Å². The Morgan fingerprint density at radius 1 is 0.553 bits per heavy atom. The van der Waals surface area contributed by atoms with Crippen LogP contribution in [0.15, 0.2) is 0 Å². The summed E-state index contributed by atoms with van der Waals surface area (Å²) in [7, 11) is 0. The van der Waals surface area contributed by atoms with Crippen molar-refractivity contribution < 1.29 is 34.4 Å². The third-order valence-corrected chi connectivity index (χ3v) is 5.85. The predicted octanol–water partition coefficient (Wildman–Crippen LogP) is 2.27. The van der Waals surface area contributed by atoms with E-state index in [-0.39, 0.29) is 56.5 Å². The standard InChI is InChI=1S/C26H49N5O7/c1-3-4-5-11-20-30(37)25(35)15-14-24(34)29-19-10-7-12-21-31(38)26(36)16-13-23(33)28-18-9-6-8-17-27-22(2)32/h37-38H,3-21H2,1-2H3,(H,27,32)(H,28,33)(H,29,34). The highest BCUT2D eigenvalue weighted by atomic mass is 16.5. The summed E-state index contributed by atoms with van der Waals surface area (Å²) >= 11 is 0. The summed E-state index contributed by atoms with van der Waals surface area (Å²) in [5, 5.41) is 29.0. The van der Waals surface area contributed by atoms with Crippen LogP contribution < -0.4 is 16.0 Å². The Balaban J connectivity index is 3.72. The Morgan fingerprint density at radius 3 is 1.37 bits per heavy atom. The molecule has 0 heterocycles. The van der Waals surface area contributed by atoms with E-state index in [0.717, 1.165) is 44.9 Å². The first-order valence-corrected chi connectivity index (χ1v) is 13.9. The molecular weight excluding hydrogens is 494 g/mol. The molecule has 0 saturated carbocycles. The van der Waals surface area contributed by atoms with Gasteiger partial charge >= 0.3 is 0 Å².